The van der Waals surface area contributed by atoms with Gasteiger partial charge in [0, 0.05) is 18.5 Å². The summed E-state index contributed by atoms with van der Waals surface area (Å²) in [7, 11) is 1.23. The van der Waals surface area contributed by atoms with Gasteiger partial charge >= 0.3 is 17.8 Å². The van der Waals surface area contributed by atoms with Gasteiger partial charge in [-0.3, -0.25) is 9.59 Å². The third kappa shape index (κ3) is 9.14. The number of amides is 2. The number of phenols is 1. The van der Waals surface area contributed by atoms with Crippen LogP contribution in [0.1, 0.15) is 31.2 Å². The number of carboxylic acids is 1. The molecule has 1 unspecified atom stereocenters. The molecule has 0 spiro atoms. The average molecular weight is 500 g/mol. The number of aromatic hydroxyl groups is 1. The Morgan fingerprint density at radius 2 is 1.75 bits per heavy atom. The van der Waals surface area contributed by atoms with Gasteiger partial charge in [0.2, 0.25) is 5.91 Å². The number of nitrogens with zero attached hydrogens (tertiary/aromatic N) is 2. The van der Waals surface area contributed by atoms with E-state index < -0.39 is 23.9 Å². The third-order valence-electron chi connectivity index (χ3n) is 5.00. The SMILES string of the molecule is COC(=O)C(Cc1ccc(O)c(N=Nc2ccc(NC(=O)C(=O)O)cc2)c1)NC(=O)CCCCCN. The van der Waals surface area contributed by atoms with Gasteiger partial charge in [0.05, 0.1) is 12.8 Å². The van der Waals surface area contributed by atoms with Crippen LogP contribution >= 0.6 is 0 Å². The van der Waals surface area contributed by atoms with Gasteiger partial charge in [0.15, 0.2) is 0 Å². The topological polar surface area (TPSA) is 193 Å². The van der Waals surface area contributed by atoms with E-state index in [2.05, 4.69) is 20.9 Å². The minimum atomic E-state index is -1.61. The van der Waals surface area contributed by atoms with Crippen molar-refractivity contribution in [3.05, 3.63) is 48.0 Å². The van der Waals surface area contributed by atoms with Crippen LogP contribution in [0.15, 0.2) is 52.7 Å². The van der Waals surface area contributed by atoms with Crippen LogP contribution in [0.5, 0.6) is 5.75 Å². The van der Waals surface area contributed by atoms with Gasteiger partial charge < -0.3 is 31.3 Å². The van der Waals surface area contributed by atoms with Crippen LogP contribution < -0.4 is 16.4 Å². The number of rotatable bonds is 12. The largest absolute Gasteiger partial charge is 0.506 e. The fourth-order valence-corrected chi connectivity index (χ4v) is 3.13. The molecule has 2 aromatic rings. The van der Waals surface area contributed by atoms with E-state index in [1.807, 2.05) is 0 Å². The predicted octanol–water partition coefficient (Wildman–Crippen LogP) is 2.55. The first-order chi connectivity index (χ1) is 17.2. The number of hydrogen-bond donors (Lipinski definition) is 5. The van der Waals surface area contributed by atoms with Gasteiger partial charge in [-0.1, -0.05) is 12.5 Å². The number of aliphatic carboxylic acids is 1. The Labute approximate surface area is 207 Å². The van der Waals surface area contributed by atoms with Crippen LogP contribution in [-0.4, -0.2) is 53.7 Å². The van der Waals surface area contributed by atoms with Crippen LogP contribution in [0.4, 0.5) is 17.1 Å². The molecule has 2 aromatic carbocycles. The number of anilines is 1. The number of hydrogen-bond acceptors (Lipinski definition) is 9. The van der Waals surface area contributed by atoms with E-state index in [9.17, 15) is 24.3 Å². The first-order valence-electron chi connectivity index (χ1n) is 11.2. The molecule has 0 saturated carbocycles. The summed E-state index contributed by atoms with van der Waals surface area (Å²) < 4.78 is 4.81. The molecule has 1 atom stereocenters. The maximum absolute atomic E-state index is 12.2. The van der Waals surface area contributed by atoms with Gasteiger partial charge in [-0.15, -0.1) is 5.11 Å². The second kappa shape index (κ2) is 14.2. The second-order valence-corrected chi connectivity index (χ2v) is 7.78. The first-order valence-corrected chi connectivity index (χ1v) is 11.2. The van der Waals surface area contributed by atoms with E-state index in [-0.39, 0.29) is 35.9 Å². The average Bonchev–Trinajstić information content (AvgIpc) is 2.86. The molecule has 2 rings (SSSR count). The van der Waals surface area contributed by atoms with E-state index in [1.54, 1.807) is 6.07 Å². The zero-order chi connectivity index (χ0) is 26.5. The molecule has 0 aliphatic rings. The monoisotopic (exact) mass is 499 g/mol. The number of ether oxygens (including phenoxy) is 1. The molecular formula is C24H29N5O7. The van der Waals surface area contributed by atoms with Gasteiger partial charge in [0.25, 0.3) is 0 Å². The molecule has 0 bridgehead atoms. The number of nitrogens with two attached hydrogens (primary N) is 1. The molecule has 0 heterocycles. The van der Waals surface area contributed by atoms with Crippen molar-refractivity contribution in [3.63, 3.8) is 0 Å². The lowest BCUT2D eigenvalue weighted by molar-refractivity contribution is -0.147. The van der Waals surface area contributed by atoms with Crippen molar-refractivity contribution in [2.45, 2.75) is 38.1 Å². The summed E-state index contributed by atoms with van der Waals surface area (Å²) in [5.41, 5.74) is 6.83. The van der Waals surface area contributed by atoms with Crippen molar-refractivity contribution < 1.29 is 34.1 Å². The summed E-state index contributed by atoms with van der Waals surface area (Å²) >= 11 is 0. The standard InChI is InChI=1S/C24H29N5O7/c1-36-24(35)19(27-21(31)5-3-2-4-12-25)14-15-6-11-20(30)18(13-15)29-28-17-9-7-16(8-10-17)26-22(32)23(33)34/h6-11,13,19,30H,2-5,12,14,25H2,1H3,(H,26,32)(H,27,31)(H,33,34). The fourth-order valence-electron chi connectivity index (χ4n) is 3.13. The summed E-state index contributed by atoms with van der Waals surface area (Å²) in [6.45, 7) is 0.559. The number of esters is 1. The number of azo groups is 1. The molecular weight excluding hydrogens is 470 g/mol. The molecule has 0 saturated heterocycles. The quantitative estimate of drug-likeness (QED) is 0.127. The zero-order valence-corrected chi connectivity index (χ0v) is 19.8. The molecule has 0 radical (unpaired) electrons. The van der Waals surface area contributed by atoms with Crippen LogP contribution in [0.3, 0.4) is 0 Å². The summed E-state index contributed by atoms with van der Waals surface area (Å²) in [4.78, 5) is 46.3. The maximum Gasteiger partial charge on any atom is 0.394 e. The van der Waals surface area contributed by atoms with E-state index in [0.29, 0.717) is 24.2 Å². The Balaban J connectivity index is 2.08. The lowest BCUT2D eigenvalue weighted by Crippen LogP contribution is -2.43. The highest BCUT2D eigenvalue weighted by molar-refractivity contribution is 6.36. The van der Waals surface area contributed by atoms with Crippen LogP contribution in [0.2, 0.25) is 0 Å². The van der Waals surface area contributed by atoms with Gasteiger partial charge in [-0.2, -0.15) is 5.11 Å². The Hall–Kier alpha value is -4.32. The number of carboxylic acid groups (broad SMARTS) is 1. The molecule has 12 heteroatoms. The van der Waals surface area contributed by atoms with Crippen molar-refractivity contribution in [2.24, 2.45) is 16.0 Å². The van der Waals surface area contributed by atoms with Gasteiger partial charge in [-0.25, -0.2) is 9.59 Å². The van der Waals surface area contributed by atoms with Crippen molar-refractivity contribution in [2.75, 3.05) is 19.0 Å². The normalized spacial score (nSPS) is 11.6. The second-order valence-electron chi connectivity index (χ2n) is 7.78. The van der Waals surface area contributed by atoms with Crippen LogP contribution in [-0.2, 0) is 30.3 Å². The van der Waals surface area contributed by atoms with Crippen LogP contribution in [0.25, 0.3) is 0 Å². The van der Waals surface area contributed by atoms with Gasteiger partial charge in [-0.05, 0) is 61.3 Å². The highest BCUT2D eigenvalue weighted by Gasteiger charge is 2.22. The van der Waals surface area contributed by atoms with E-state index in [0.717, 1.165) is 12.8 Å². The Kier molecular flexibility index (Phi) is 11.0. The summed E-state index contributed by atoms with van der Waals surface area (Å²) in [5.74, 6) is -3.79. The lowest BCUT2D eigenvalue weighted by Gasteiger charge is -2.17. The number of unbranched alkanes of at least 4 members (excludes halogenated alkanes) is 2. The molecule has 0 fully saturated rings. The number of carbonyl (C=O) groups is 4. The Morgan fingerprint density at radius 1 is 1.03 bits per heavy atom. The predicted molar refractivity (Wildman–Crippen MR) is 130 cm³/mol. The van der Waals surface area contributed by atoms with Crippen molar-refractivity contribution >= 4 is 40.8 Å². The molecule has 192 valence electrons. The van der Waals surface area contributed by atoms with E-state index in [1.165, 1.54) is 43.5 Å². The number of methoxy groups -OCH3 is 1. The number of nitrogens with one attached hydrogen (secondary N) is 2. The van der Waals surface area contributed by atoms with Crippen molar-refractivity contribution in [1.29, 1.82) is 0 Å². The van der Waals surface area contributed by atoms with Crippen LogP contribution in [0, 0.1) is 0 Å². The molecule has 0 aliphatic carbocycles. The molecule has 2 amide bonds. The summed E-state index contributed by atoms with van der Waals surface area (Å²) in [6.07, 6.45) is 2.68. The summed E-state index contributed by atoms with van der Waals surface area (Å²) in [6, 6.07) is 9.51. The molecule has 36 heavy (non-hydrogen) atoms. The third-order valence-corrected chi connectivity index (χ3v) is 5.00. The number of benzene rings is 2. The highest BCUT2D eigenvalue weighted by atomic mass is 16.5. The molecule has 0 aromatic heterocycles. The van der Waals surface area contributed by atoms with E-state index >= 15 is 0 Å². The Morgan fingerprint density at radius 3 is 2.39 bits per heavy atom. The first kappa shape index (κ1) is 27.9. The Bertz CT molecular complexity index is 1100. The molecule has 0 aliphatic heterocycles. The highest BCUT2D eigenvalue weighted by Crippen LogP contribution is 2.30. The maximum atomic E-state index is 12.2. The lowest BCUT2D eigenvalue weighted by atomic mass is 10.0. The summed E-state index contributed by atoms with van der Waals surface area (Å²) in [5, 5.41) is 31.7. The number of carbonyl (C=O) groups excluding carboxylic acids is 3. The zero-order valence-electron chi connectivity index (χ0n) is 19.8. The van der Waals surface area contributed by atoms with Gasteiger partial charge in [0.1, 0.15) is 17.5 Å². The van der Waals surface area contributed by atoms with Crippen molar-refractivity contribution in [3.8, 4) is 5.75 Å². The molecule has 6 N–H and O–H groups in total. The number of phenolic OH excluding ortho intramolecular Hbond substituents is 1. The smallest absolute Gasteiger partial charge is 0.394 e. The van der Waals surface area contributed by atoms with E-state index in [4.69, 9.17) is 15.6 Å². The minimum absolute atomic E-state index is 0.113. The minimum Gasteiger partial charge on any atom is -0.506 e. The fraction of sp³-hybridized carbons (Fsp3) is 0.333. The molecule has 12 nitrogen and oxygen atoms in total. The van der Waals surface area contributed by atoms with Crippen molar-refractivity contribution in [1.82, 2.24) is 5.32 Å².